The minimum absolute atomic E-state index is 0.0378. The van der Waals surface area contributed by atoms with Crippen LogP contribution < -0.4 is 16.0 Å². The molecule has 0 spiro atoms. The molecule has 0 rings (SSSR count). The van der Waals surface area contributed by atoms with Gasteiger partial charge in [-0.05, 0) is 18.8 Å². The van der Waals surface area contributed by atoms with Crippen molar-refractivity contribution in [2.24, 2.45) is 5.92 Å². The molecule has 0 heterocycles. The zero-order valence-electron chi connectivity index (χ0n) is 13.4. The number of rotatable bonds is 11. The molecule has 5 heteroatoms. The molecule has 0 aliphatic heterocycles. The summed E-state index contributed by atoms with van der Waals surface area (Å²) in [6.45, 7) is 10.5. The molecule has 2 amide bonds. The predicted octanol–water partition coefficient (Wildman–Crippen LogP) is 1.43. The highest BCUT2D eigenvalue weighted by Gasteiger charge is 2.06. The quantitative estimate of drug-likeness (QED) is 0.503. The molecule has 0 aromatic heterocycles. The van der Waals surface area contributed by atoms with Crippen LogP contribution in [0.25, 0.3) is 0 Å². The van der Waals surface area contributed by atoms with Crippen LogP contribution in [0.1, 0.15) is 53.4 Å². The van der Waals surface area contributed by atoms with E-state index in [0.29, 0.717) is 25.0 Å². The Kier molecular flexibility index (Phi) is 11.1. The van der Waals surface area contributed by atoms with Gasteiger partial charge in [-0.25, -0.2) is 0 Å². The average Bonchev–Trinajstić information content (AvgIpc) is 2.37. The SMILES string of the molecule is CC(C)CCCNC(=O)CCC(=O)NCCNC(C)C. The van der Waals surface area contributed by atoms with Crippen molar-refractivity contribution in [2.45, 2.75) is 59.4 Å². The summed E-state index contributed by atoms with van der Waals surface area (Å²) in [6.07, 6.45) is 2.64. The maximum absolute atomic E-state index is 11.5. The molecule has 0 aromatic carbocycles. The third kappa shape index (κ3) is 13.3. The second kappa shape index (κ2) is 11.7. The third-order valence-electron chi connectivity index (χ3n) is 2.86. The van der Waals surface area contributed by atoms with Crippen LogP contribution in [0.15, 0.2) is 0 Å². The topological polar surface area (TPSA) is 70.2 Å². The Morgan fingerprint density at radius 2 is 1.40 bits per heavy atom. The van der Waals surface area contributed by atoms with Crippen molar-refractivity contribution < 1.29 is 9.59 Å². The minimum Gasteiger partial charge on any atom is -0.356 e. The zero-order chi connectivity index (χ0) is 15.4. The fourth-order valence-electron chi connectivity index (χ4n) is 1.70. The van der Waals surface area contributed by atoms with Crippen LogP contribution in [0.3, 0.4) is 0 Å². The fraction of sp³-hybridized carbons (Fsp3) is 0.867. The number of nitrogens with one attached hydrogen (secondary N) is 3. The molecule has 20 heavy (non-hydrogen) atoms. The van der Waals surface area contributed by atoms with Crippen LogP contribution in [0.4, 0.5) is 0 Å². The molecule has 0 aliphatic rings. The van der Waals surface area contributed by atoms with E-state index in [1.165, 1.54) is 0 Å². The first-order valence-electron chi connectivity index (χ1n) is 7.68. The maximum Gasteiger partial charge on any atom is 0.220 e. The van der Waals surface area contributed by atoms with E-state index >= 15 is 0 Å². The lowest BCUT2D eigenvalue weighted by molar-refractivity contribution is -0.126. The van der Waals surface area contributed by atoms with E-state index in [1.54, 1.807) is 0 Å². The Bertz CT molecular complexity index is 250. The number of hydrogen-bond acceptors (Lipinski definition) is 3. The summed E-state index contributed by atoms with van der Waals surface area (Å²) in [5.74, 6) is 0.564. The highest BCUT2D eigenvalue weighted by Crippen LogP contribution is 2.01. The smallest absolute Gasteiger partial charge is 0.220 e. The molecule has 0 aliphatic carbocycles. The van der Waals surface area contributed by atoms with Gasteiger partial charge in [0.1, 0.15) is 0 Å². The molecule has 118 valence electrons. The van der Waals surface area contributed by atoms with Gasteiger partial charge >= 0.3 is 0 Å². The first-order chi connectivity index (χ1) is 9.41. The lowest BCUT2D eigenvalue weighted by Crippen LogP contribution is -2.35. The van der Waals surface area contributed by atoms with Crippen LogP contribution in [0.5, 0.6) is 0 Å². The molecule has 0 bridgehead atoms. The summed E-state index contributed by atoms with van der Waals surface area (Å²) in [5.41, 5.74) is 0. The highest BCUT2D eigenvalue weighted by atomic mass is 16.2. The standard InChI is InChI=1S/C15H31N3O2/c1-12(2)6-5-9-17-14(19)7-8-15(20)18-11-10-16-13(3)4/h12-13,16H,5-11H2,1-4H3,(H,17,19)(H,18,20). The minimum atomic E-state index is -0.0621. The van der Waals surface area contributed by atoms with Crippen LogP contribution in [0, 0.1) is 5.92 Å². The van der Waals surface area contributed by atoms with Crippen molar-refractivity contribution in [1.82, 2.24) is 16.0 Å². The molecule has 0 aromatic rings. The third-order valence-corrected chi connectivity index (χ3v) is 2.86. The van der Waals surface area contributed by atoms with Crippen LogP contribution in [0.2, 0.25) is 0 Å². The van der Waals surface area contributed by atoms with Gasteiger partial charge in [-0.2, -0.15) is 0 Å². The van der Waals surface area contributed by atoms with Gasteiger partial charge in [0.2, 0.25) is 11.8 Å². The van der Waals surface area contributed by atoms with Crippen molar-refractivity contribution in [3.63, 3.8) is 0 Å². The van der Waals surface area contributed by atoms with Gasteiger partial charge < -0.3 is 16.0 Å². The van der Waals surface area contributed by atoms with E-state index in [-0.39, 0.29) is 24.7 Å². The van der Waals surface area contributed by atoms with E-state index in [4.69, 9.17) is 0 Å². The molecule has 5 nitrogen and oxygen atoms in total. The average molecular weight is 285 g/mol. The monoisotopic (exact) mass is 285 g/mol. The number of amides is 2. The molecule has 0 unspecified atom stereocenters. The van der Waals surface area contributed by atoms with Crippen LogP contribution >= 0.6 is 0 Å². The van der Waals surface area contributed by atoms with Gasteiger partial charge in [-0.1, -0.05) is 27.7 Å². The van der Waals surface area contributed by atoms with Gasteiger partial charge in [-0.15, -0.1) is 0 Å². The van der Waals surface area contributed by atoms with Gasteiger partial charge in [0.15, 0.2) is 0 Å². The predicted molar refractivity (Wildman–Crippen MR) is 82.5 cm³/mol. The molecule has 0 saturated carbocycles. The van der Waals surface area contributed by atoms with Crippen molar-refractivity contribution >= 4 is 11.8 Å². The van der Waals surface area contributed by atoms with Crippen LogP contribution in [-0.2, 0) is 9.59 Å². The van der Waals surface area contributed by atoms with Crippen molar-refractivity contribution in [2.75, 3.05) is 19.6 Å². The second-order valence-corrected chi connectivity index (χ2v) is 5.84. The number of carbonyl (C=O) groups is 2. The van der Waals surface area contributed by atoms with Crippen molar-refractivity contribution in [3.8, 4) is 0 Å². The second-order valence-electron chi connectivity index (χ2n) is 5.84. The Balaban J connectivity index is 3.46. The normalized spacial score (nSPS) is 10.9. The largest absolute Gasteiger partial charge is 0.356 e. The van der Waals surface area contributed by atoms with Crippen molar-refractivity contribution in [1.29, 1.82) is 0 Å². The fourth-order valence-corrected chi connectivity index (χ4v) is 1.70. The van der Waals surface area contributed by atoms with E-state index in [9.17, 15) is 9.59 Å². The summed E-state index contributed by atoms with van der Waals surface area (Å²) < 4.78 is 0. The summed E-state index contributed by atoms with van der Waals surface area (Å²) in [7, 11) is 0. The van der Waals surface area contributed by atoms with E-state index < -0.39 is 0 Å². The highest BCUT2D eigenvalue weighted by molar-refractivity contribution is 5.83. The lowest BCUT2D eigenvalue weighted by atomic mass is 10.1. The van der Waals surface area contributed by atoms with Gasteiger partial charge in [0, 0.05) is 38.5 Å². The first kappa shape index (κ1) is 18.9. The Labute approximate surface area is 123 Å². The molecule has 0 fully saturated rings. The zero-order valence-corrected chi connectivity index (χ0v) is 13.4. The number of hydrogen-bond donors (Lipinski definition) is 3. The van der Waals surface area contributed by atoms with Crippen molar-refractivity contribution in [3.05, 3.63) is 0 Å². The van der Waals surface area contributed by atoms with Gasteiger partial charge in [0.25, 0.3) is 0 Å². The summed E-state index contributed by atoms with van der Waals surface area (Å²) in [5, 5.41) is 8.85. The molecule has 0 saturated heterocycles. The Morgan fingerprint density at radius 1 is 0.850 bits per heavy atom. The molecule has 0 radical (unpaired) electrons. The number of carbonyl (C=O) groups excluding carboxylic acids is 2. The van der Waals surface area contributed by atoms with E-state index in [1.807, 2.05) is 0 Å². The molecule has 0 atom stereocenters. The lowest BCUT2D eigenvalue weighted by Gasteiger charge is -2.09. The molecular weight excluding hydrogens is 254 g/mol. The van der Waals surface area contributed by atoms with E-state index in [2.05, 4.69) is 43.6 Å². The summed E-state index contributed by atoms with van der Waals surface area (Å²) >= 11 is 0. The maximum atomic E-state index is 11.5. The van der Waals surface area contributed by atoms with E-state index in [0.717, 1.165) is 19.4 Å². The van der Waals surface area contributed by atoms with Gasteiger partial charge in [0.05, 0.1) is 0 Å². The van der Waals surface area contributed by atoms with Crippen LogP contribution in [-0.4, -0.2) is 37.5 Å². The summed E-state index contributed by atoms with van der Waals surface area (Å²) in [4.78, 5) is 23.0. The Hall–Kier alpha value is -1.10. The Morgan fingerprint density at radius 3 is 1.90 bits per heavy atom. The summed E-state index contributed by atoms with van der Waals surface area (Å²) in [6, 6.07) is 0.420. The molecule has 3 N–H and O–H groups in total. The first-order valence-corrected chi connectivity index (χ1v) is 7.68. The molecular formula is C15H31N3O2. The van der Waals surface area contributed by atoms with Gasteiger partial charge in [-0.3, -0.25) is 9.59 Å².